The van der Waals surface area contributed by atoms with E-state index in [1.807, 2.05) is 0 Å². The van der Waals surface area contributed by atoms with E-state index in [1.54, 1.807) is 4.90 Å². The second kappa shape index (κ2) is 7.61. The molecule has 1 aromatic heterocycles. The van der Waals surface area contributed by atoms with Gasteiger partial charge in [-0.05, 0) is 67.9 Å². The van der Waals surface area contributed by atoms with E-state index >= 15 is 0 Å². The van der Waals surface area contributed by atoms with Crippen LogP contribution in [0.25, 0.3) is 0 Å². The molecular formula is C24H25F4N3O3. The first kappa shape index (κ1) is 21.7. The molecule has 34 heavy (non-hydrogen) atoms. The van der Waals surface area contributed by atoms with Crippen molar-refractivity contribution in [3.8, 4) is 5.75 Å². The molecule has 1 aromatic carbocycles. The first-order chi connectivity index (χ1) is 16.2. The van der Waals surface area contributed by atoms with Crippen LogP contribution in [-0.4, -0.2) is 36.3 Å². The smallest absolute Gasteiger partial charge is 0.396 e. The second-order valence-corrected chi connectivity index (χ2v) is 10.3. The number of fused-ring (bicyclic) bond motifs is 1. The van der Waals surface area contributed by atoms with Crippen molar-refractivity contribution < 1.29 is 31.5 Å². The van der Waals surface area contributed by atoms with E-state index < -0.39 is 35.8 Å². The summed E-state index contributed by atoms with van der Waals surface area (Å²) in [7, 11) is 0. The molecule has 182 valence electrons. The molecule has 1 saturated heterocycles. The van der Waals surface area contributed by atoms with E-state index in [4.69, 9.17) is 9.15 Å². The molecule has 4 aliphatic rings. The van der Waals surface area contributed by atoms with Crippen LogP contribution in [0.3, 0.4) is 0 Å². The van der Waals surface area contributed by atoms with Gasteiger partial charge in [-0.3, -0.25) is 4.79 Å². The minimum Gasteiger partial charge on any atom is -0.487 e. The van der Waals surface area contributed by atoms with Gasteiger partial charge in [-0.1, -0.05) is 0 Å². The molecule has 2 heterocycles. The highest BCUT2D eigenvalue weighted by Crippen LogP contribution is 2.54. The van der Waals surface area contributed by atoms with Gasteiger partial charge < -0.3 is 19.4 Å². The SMILES string of the molecule is O=C(Nc1ccc(OC2C[C@@H]3C[C@@H]3C2)c(F)c1)c1nc(N2CCC3(CC3)C2)oc1CC(F)(F)F. The molecule has 3 saturated carbocycles. The highest BCUT2D eigenvalue weighted by Gasteiger charge is 2.49. The molecule has 0 bridgehead atoms. The Balaban J connectivity index is 1.17. The van der Waals surface area contributed by atoms with Crippen LogP contribution in [0.15, 0.2) is 22.6 Å². The lowest BCUT2D eigenvalue weighted by molar-refractivity contribution is -0.130. The molecular weight excluding hydrogens is 454 g/mol. The summed E-state index contributed by atoms with van der Waals surface area (Å²) in [6.07, 6.45) is 0.201. The summed E-state index contributed by atoms with van der Waals surface area (Å²) in [5.41, 5.74) is -0.124. The van der Waals surface area contributed by atoms with E-state index in [2.05, 4.69) is 10.3 Å². The normalized spacial score (nSPS) is 26.6. The van der Waals surface area contributed by atoms with Gasteiger partial charge in [0.05, 0.1) is 6.10 Å². The molecule has 3 atom stereocenters. The van der Waals surface area contributed by atoms with Gasteiger partial charge in [0.1, 0.15) is 12.2 Å². The summed E-state index contributed by atoms with van der Waals surface area (Å²) in [5.74, 6) is -0.564. The maximum atomic E-state index is 14.6. The van der Waals surface area contributed by atoms with Crippen LogP contribution in [0, 0.1) is 23.1 Å². The number of rotatable bonds is 6. The molecule has 1 unspecified atom stereocenters. The predicted molar refractivity (Wildman–Crippen MR) is 114 cm³/mol. The molecule has 1 amide bonds. The van der Waals surface area contributed by atoms with Gasteiger partial charge in [-0.15, -0.1) is 0 Å². The number of oxazole rings is 1. The van der Waals surface area contributed by atoms with Crippen molar-refractivity contribution in [1.82, 2.24) is 4.98 Å². The van der Waals surface area contributed by atoms with Gasteiger partial charge in [0.2, 0.25) is 0 Å². The number of halogens is 4. The molecule has 10 heteroatoms. The number of ether oxygens (including phenoxy) is 1. The highest BCUT2D eigenvalue weighted by atomic mass is 19.4. The Morgan fingerprint density at radius 1 is 1.21 bits per heavy atom. The van der Waals surface area contributed by atoms with Crippen LogP contribution in [-0.2, 0) is 6.42 Å². The number of amides is 1. The monoisotopic (exact) mass is 479 g/mol. The Bertz CT molecular complexity index is 1120. The maximum Gasteiger partial charge on any atom is 0.396 e. The third-order valence-corrected chi connectivity index (χ3v) is 7.61. The first-order valence-electron chi connectivity index (χ1n) is 11.8. The van der Waals surface area contributed by atoms with Crippen LogP contribution >= 0.6 is 0 Å². The molecule has 3 aliphatic carbocycles. The zero-order chi connectivity index (χ0) is 23.7. The van der Waals surface area contributed by atoms with E-state index in [0.717, 1.165) is 38.2 Å². The molecule has 4 fully saturated rings. The second-order valence-electron chi connectivity index (χ2n) is 10.3. The number of benzene rings is 1. The number of anilines is 2. The number of nitrogens with zero attached hydrogens (tertiary/aromatic N) is 2. The number of hydrogen-bond acceptors (Lipinski definition) is 5. The lowest BCUT2D eigenvalue weighted by Gasteiger charge is -2.16. The molecule has 2 aromatic rings. The third-order valence-electron chi connectivity index (χ3n) is 7.61. The average molecular weight is 479 g/mol. The number of carbonyl (C=O) groups is 1. The summed E-state index contributed by atoms with van der Waals surface area (Å²) in [5, 5.41) is 2.45. The van der Waals surface area contributed by atoms with Crippen molar-refractivity contribution in [3.63, 3.8) is 0 Å². The molecule has 6 rings (SSSR count). The van der Waals surface area contributed by atoms with Crippen molar-refractivity contribution in [2.45, 2.75) is 57.2 Å². The van der Waals surface area contributed by atoms with E-state index in [-0.39, 0.29) is 29.0 Å². The molecule has 1 N–H and O–H groups in total. The van der Waals surface area contributed by atoms with E-state index in [0.29, 0.717) is 24.9 Å². The quantitative estimate of drug-likeness (QED) is 0.567. The Labute approximate surface area is 193 Å². The van der Waals surface area contributed by atoms with Crippen molar-refractivity contribution in [2.75, 3.05) is 23.3 Å². The third kappa shape index (κ3) is 4.34. The zero-order valence-electron chi connectivity index (χ0n) is 18.5. The number of aromatic nitrogens is 1. The predicted octanol–water partition coefficient (Wildman–Crippen LogP) is 5.34. The van der Waals surface area contributed by atoms with Crippen LogP contribution in [0.1, 0.15) is 54.8 Å². The van der Waals surface area contributed by atoms with Crippen molar-refractivity contribution in [2.24, 2.45) is 17.3 Å². The maximum absolute atomic E-state index is 14.6. The molecule has 1 aliphatic heterocycles. The Hall–Kier alpha value is -2.78. The molecule has 0 radical (unpaired) electrons. The number of hydrogen-bond donors (Lipinski definition) is 1. The van der Waals surface area contributed by atoms with Gasteiger partial charge in [0, 0.05) is 24.8 Å². The van der Waals surface area contributed by atoms with Crippen molar-refractivity contribution in [3.05, 3.63) is 35.5 Å². The largest absolute Gasteiger partial charge is 0.487 e. The minimum absolute atomic E-state index is 0.00228. The lowest BCUT2D eigenvalue weighted by Crippen LogP contribution is -2.21. The number of carbonyl (C=O) groups excluding carboxylic acids is 1. The van der Waals surface area contributed by atoms with Crippen LogP contribution < -0.4 is 15.0 Å². The zero-order valence-corrected chi connectivity index (χ0v) is 18.5. The average Bonchev–Trinajstić information content (AvgIpc) is 3.49. The van der Waals surface area contributed by atoms with Gasteiger partial charge in [-0.25, -0.2) is 4.39 Å². The van der Waals surface area contributed by atoms with E-state index in [1.165, 1.54) is 18.6 Å². The highest BCUT2D eigenvalue weighted by molar-refractivity contribution is 6.03. The fourth-order valence-electron chi connectivity index (χ4n) is 5.44. The van der Waals surface area contributed by atoms with Crippen LogP contribution in [0.5, 0.6) is 5.75 Å². The summed E-state index contributed by atoms with van der Waals surface area (Å²) >= 11 is 0. The van der Waals surface area contributed by atoms with Crippen LogP contribution in [0.4, 0.5) is 29.3 Å². The molecule has 6 nitrogen and oxygen atoms in total. The summed E-state index contributed by atoms with van der Waals surface area (Å²) in [4.78, 5) is 18.7. The molecule has 1 spiro atoms. The fraction of sp³-hybridized carbons (Fsp3) is 0.583. The van der Waals surface area contributed by atoms with E-state index in [9.17, 15) is 22.4 Å². The fourth-order valence-corrected chi connectivity index (χ4v) is 5.44. The van der Waals surface area contributed by atoms with Crippen molar-refractivity contribution >= 4 is 17.6 Å². The van der Waals surface area contributed by atoms with Gasteiger partial charge in [0.25, 0.3) is 11.9 Å². The number of alkyl halides is 3. The van der Waals surface area contributed by atoms with Gasteiger partial charge in [-0.2, -0.15) is 18.2 Å². The Morgan fingerprint density at radius 3 is 2.62 bits per heavy atom. The van der Waals surface area contributed by atoms with Gasteiger partial charge >= 0.3 is 6.18 Å². The lowest BCUT2D eigenvalue weighted by atomic mass is 10.1. The van der Waals surface area contributed by atoms with Crippen molar-refractivity contribution in [1.29, 1.82) is 0 Å². The standard InChI is InChI=1S/C24H25F4N3O3/c25-17-10-15(1-2-18(17)33-16-8-13-7-14(13)9-16)29-21(32)20-19(11-24(26,27)28)34-22(30-20)31-6-5-23(12-31)3-4-23/h1-2,10,13-14,16H,3-9,11-12H2,(H,29,32)/t13-,14+,16?. The minimum atomic E-state index is -4.57. The summed E-state index contributed by atoms with van der Waals surface area (Å²) in [6, 6.07) is 4.02. The number of nitrogens with one attached hydrogen (secondary N) is 1. The Kier molecular flexibility index (Phi) is 4.87. The van der Waals surface area contributed by atoms with Crippen LogP contribution in [0.2, 0.25) is 0 Å². The summed E-state index contributed by atoms with van der Waals surface area (Å²) < 4.78 is 65.2. The topological polar surface area (TPSA) is 67.6 Å². The first-order valence-corrected chi connectivity index (χ1v) is 11.8. The van der Waals surface area contributed by atoms with Gasteiger partial charge in [0.15, 0.2) is 17.3 Å². The Morgan fingerprint density at radius 2 is 1.97 bits per heavy atom. The summed E-state index contributed by atoms with van der Waals surface area (Å²) in [6.45, 7) is 1.29.